The lowest BCUT2D eigenvalue weighted by atomic mass is 9.78. The van der Waals surface area contributed by atoms with Gasteiger partial charge in [0, 0.05) is 18.3 Å². The lowest BCUT2D eigenvalue weighted by Gasteiger charge is -2.33. The third kappa shape index (κ3) is 1.58. The van der Waals surface area contributed by atoms with Gasteiger partial charge in [0.2, 0.25) is 0 Å². The van der Waals surface area contributed by atoms with Crippen LogP contribution in [0.5, 0.6) is 0 Å². The summed E-state index contributed by atoms with van der Waals surface area (Å²) < 4.78 is 1.99. The number of rotatable bonds is 3. The van der Waals surface area contributed by atoms with E-state index in [0.717, 1.165) is 24.8 Å². The summed E-state index contributed by atoms with van der Waals surface area (Å²) >= 11 is 0. The highest BCUT2D eigenvalue weighted by Gasteiger charge is 2.48. The largest absolute Gasteiger partial charge is 0.325 e. The van der Waals surface area contributed by atoms with Gasteiger partial charge >= 0.3 is 0 Å². The van der Waals surface area contributed by atoms with Crippen molar-refractivity contribution < 1.29 is 0 Å². The second-order valence-corrected chi connectivity index (χ2v) is 5.69. The van der Waals surface area contributed by atoms with E-state index in [4.69, 9.17) is 5.73 Å². The average molecular weight is 219 g/mol. The molecule has 3 atom stereocenters. The fourth-order valence-electron chi connectivity index (χ4n) is 3.75. The summed E-state index contributed by atoms with van der Waals surface area (Å²) in [6.07, 6.45) is 10.5. The van der Waals surface area contributed by atoms with Crippen molar-refractivity contribution in [3.8, 4) is 0 Å². The Morgan fingerprint density at radius 1 is 1.56 bits per heavy atom. The van der Waals surface area contributed by atoms with Crippen molar-refractivity contribution in [2.24, 2.45) is 17.6 Å². The van der Waals surface area contributed by atoms with Gasteiger partial charge < -0.3 is 5.73 Å². The molecular weight excluding hydrogens is 198 g/mol. The molecule has 16 heavy (non-hydrogen) atoms. The van der Waals surface area contributed by atoms with E-state index in [1.165, 1.54) is 31.2 Å². The van der Waals surface area contributed by atoms with Crippen LogP contribution in [0.15, 0.2) is 12.4 Å². The van der Waals surface area contributed by atoms with Gasteiger partial charge in [0.15, 0.2) is 0 Å². The third-order valence-electron chi connectivity index (χ3n) is 4.57. The van der Waals surface area contributed by atoms with Crippen LogP contribution in [0.1, 0.15) is 38.2 Å². The van der Waals surface area contributed by atoms with Crippen molar-refractivity contribution in [3.05, 3.63) is 18.0 Å². The molecule has 2 saturated carbocycles. The van der Waals surface area contributed by atoms with E-state index in [9.17, 15) is 0 Å². The Kier molecular flexibility index (Phi) is 2.32. The first-order valence-corrected chi connectivity index (χ1v) is 6.50. The molecule has 1 aromatic heterocycles. The predicted octanol–water partition coefficient (Wildman–Crippen LogP) is 1.96. The van der Waals surface area contributed by atoms with Crippen molar-refractivity contribution in [2.45, 2.75) is 51.1 Å². The summed E-state index contributed by atoms with van der Waals surface area (Å²) in [6, 6.07) is 0. The minimum atomic E-state index is 0.0739. The summed E-state index contributed by atoms with van der Waals surface area (Å²) in [5.74, 6) is 1.68. The summed E-state index contributed by atoms with van der Waals surface area (Å²) in [6.45, 7) is 3.07. The van der Waals surface area contributed by atoms with Gasteiger partial charge in [-0.25, -0.2) is 0 Å². The molecule has 2 N–H and O–H groups in total. The summed E-state index contributed by atoms with van der Waals surface area (Å²) in [7, 11) is 0. The molecule has 0 aliphatic heterocycles. The molecule has 3 rings (SSSR count). The fraction of sp³-hybridized carbons (Fsp3) is 0.769. The van der Waals surface area contributed by atoms with Crippen molar-refractivity contribution in [2.75, 3.05) is 0 Å². The summed E-state index contributed by atoms with van der Waals surface area (Å²) in [5.41, 5.74) is 7.98. The first-order chi connectivity index (χ1) is 7.69. The molecule has 88 valence electrons. The molecule has 3 unspecified atom stereocenters. The zero-order valence-corrected chi connectivity index (χ0v) is 10.0. The van der Waals surface area contributed by atoms with E-state index >= 15 is 0 Å². The summed E-state index contributed by atoms with van der Waals surface area (Å²) in [5, 5.41) is 4.33. The van der Waals surface area contributed by atoms with E-state index < -0.39 is 0 Å². The zero-order chi connectivity index (χ0) is 11.2. The van der Waals surface area contributed by atoms with Crippen molar-refractivity contribution in [1.82, 2.24) is 9.78 Å². The molecule has 2 fully saturated rings. The lowest BCUT2D eigenvalue weighted by molar-refractivity contribution is 0.269. The van der Waals surface area contributed by atoms with Gasteiger partial charge in [-0.05, 0) is 50.0 Å². The van der Waals surface area contributed by atoms with Crippen LogP contribution in [0.3, 0.4) is 0 Å². The Hall–Kier alpha value is -0.830. The van der Waals surface area contributed by atoms with E-state index in [-0.39, 0.29) is 5.54 Å². The number of aromatic nitrogens is 2. The van der Waals surface area contributed by atoms with Gasteiger partial charge in [-0.3, -0.25) is 4.68 Å². The van der Waals surface area contributed by atoms with E-state index in [1.807, 2.05) is 10.9 Å². The molecule has 3 nitrogen and oxygen atoms in total. The van der Waals surface area contributed by atoms with Gasteiger partial charge in [0.25, 0.3) is 0 Å². The van der Waals surface area contributed by atoms with Crippen LogP contribution >= 0.6 is 0 Å². The maximum Gasteiger partial charge on any atom is 0.0522 e. The highest BCUT2D eigenvalue weighted by Crippen LogP contribution is 2.50. The van der Waals surface area contributed by atoms with Crippen LogP contribution in [-0.2, 0) is 13.0 Å². The minimum absolute atomic E-state index is 0.0739. The van der Waals surface area contributed by atoms with Gasteiger partial charge in [0.05, 0.1) is 6.20 Å². The number of hydrogen-bond donors (Lipinski definition) is 1. The van der Waals surface area contributed by atoms with Gasteiger partial charge in [-0.2, -0.15) is 5.10 Å². The number of fused-ring (bicyclic) bond motifs is 2. The molecule has 0 aromatic carbocycles. The van der Waals surface area contributed by atoms with E-state index in [2.05, 4.69) is 18.2 Å². The number of aryl methyl sites for hydroxylation is 1. The van der Waals surface area contributed by atoms with E-state index in [0.29, 0.717) is 0 Å². The summed E-state index contributed by atoms with van der Waals surface area (Å²) in [4.78, 5) is 0. The molecule has 2 bridgehead atoms. The molecule has 2 aliphatic carbocycles. The molecule has 1 heterocycles. The number of nitrogens with two attached hydrogens (primary N) is 1. The number of nitrogens with zero attached hydrogens (tertiary/aromatic N) is 2. The Bertz CT molecular complexity index is 384. The van der Waals surface area contributed by atoms with Crippen LogP contribution in [0, 0.1) is 11.8 Å². The first-order valence-electron chi connectivity index (χ1n) is 6.50. The predicted molar refractivity (Wildman–Crippen MR) is 64.0 cm³/mol. The normalized spacial score (nSPS) is 37.1. The molecule has 3 heteroatoms. The molecule has 1 aromatic rings. The molecular formula is C13H21N3. The molecule has 0 spiro atoms. The zero-order valence-electron chi connectivity index (χ0n) is 10.0. The maximum atomic E-state index is 6.59. The second kappa shape index (κ2) is 3.59. The Labute approximate surface area is 97.0 Å². The Balaban J connectivity index is 1.74. The second-order valence-electron chi connectivity index (χ2n) is 5.69. The van der Waals surface area contributed by atoms with Gasteiger partial charge in [0.1, 0.15) is 0 Å². The standard InChI is InChI=1S/C13H21N3/c1-2-16-9-11(8-15-16)7-13(14)6-10-3-4-12(13)5-10/h8-10,12H,2-7,14H2,1H3. The van der Waals surface area contributed by atoms with E-state index in [1.54, 1.807) is 0 Å². The van der Waals surface area contributed by atoms with Crippen molar-refractivity contribution in [3.63, 3.8) is 0 Å². The quantitative estimate of drug-likeness (QED) is 0.844. The monoisotopic (exact) mass is 219 g/mol. The minimum Gasteiger partial charge on any atom is -0.325 e. The molecule has 2 aliphatic rings. The topological polar surface area (TPSA) is 43.8 Å². The third-order valence-corrected chi connectivity index (χ3v) is 4.57. The lowest BCUT2D eigenvalue weighted by Crippen LogP contribution is -2.46. The Morgan fingerprint density at radius 3 is 3.00 bits per heavy atom. The van der Waals surface area contributed by atoms with Crippen molar-refractivity contribution >= 4 is 0 Å². The van der Waals surface area contributed by atoms with Crippen LogP contribution < -0.4 is 5.73 Å². The van der Waals surface area contributed by atoms with Crippen LogP contribution in [0.2, 0.25) is 0 Å². The van der Waals surface area contributed by atoms with Gasteiger partial charge in [-0.1, -0.05) is 6.42 Å². The highest BCUT2D eigenvalue weighted by molar-refractivity contribution is 5.15. The van der Waals surface area contributed by atoms with Gasteiger partial charge in [-0.15, -0.1) is 0 Å². The Morgan fingerprint density at radius 2 is 2.44 bits per heavy atom. The van der Waals surface area contributed by atoms with Crippen LogP contribution in [0.25, 0.3) is 0 Å². The first kappa shape index (κ1) is 10.3. The smallest absolute Gasteiger partial charge is 0.0522 e. The average Bonchev–Trinajstić information content (AvgIpc) is 2.92. The number of hydrogen-bond acceptors (Lipinski definition) is 2. The molecule has 0 amide bonds. The maximum absolute atomic E-state index is 6.59. The molecule has 0 radical (unpaired) electrons. The van der Waals surface area contributed by atoms with Crippen LogP contribution in [-0.4, -0.2) is 15.3 Å². The molecule has 0 saturated heterocycles. The van der Waals surface area contributed by atoms with Crippen LogP contribution in [0.4, 0.5) is 0 Å². The van der Waals surface area contributed by atoms with Crippen molar-refractivity contribution in [1.29, 1.82) is 0 Å². The highest BCUT2D eigenvalue weighted by atomic mass is 15.3. The SMILES string of the molecule is CCn1cc(CC2(N)CC3CCC2C3)cn1. The fourth-order valence-corrected chi connectivity index (χ4v) is 3.75.